The zero-order chi connectivity index (χ0) is 16.9. The van der Waals surface area contributed by atoms with E-state index >= 15 is 0 Å². The van der Waals surface area contributed by atoms with Gasteiger partial charge in [0.15, 0.2) is 5.78 Å². The Bertz CT molecular complexity index is 1010. The molecule has 4 rings (SSSR count). The quantitative estimate of drug-likeness (QED) is 0.782. The van der Waals surface area contributed by atoms with Crippen molar-refractivity contribution in [2.75, 3.05) is 13.2 Å². The monoisotopic (exact) mass is 342 g/mol. The lowest BCUT2D eigenvalue weighted by molar-refractivity contribution is -0.117. The third-order valence-corrected chi connectivity index (χ3v) is 5.57. The molecule has 0 saturated carbocycles. The number of fused-ring (bicyclic) bond motifs is 1. The van der Waals surface area contributed by atoms with Crippen molar-refractivity contribution in [2.45, 2.75) is 25.8 Å². The number of H-pyrrole nitrogens is 1. The summed E-state index contributed by atoms with van der Waals surface area (Å²) < 4.78 is 6.76. The van der Waals surface area contributed by atoms with Crippen LogP contribution in [0, 0.1) is 0 Å². The topological polar surface area (TPSA) is 71.2 Å². The molecule has 2 aromatic rings. The van der Waals surface area contributed by atoms with Crippen molar-refractivity contribution < 1.29 is 9.53 Å². The van der Waals surface area contributed by atoms with Crippen molar-refractivity contribution in [2.24, 2.45) is 0 Å². The fourth-order valence-electron chi connectivity index (χ4n) is 3.06. The van der Waals surface area contributed by atoms with Crippen molar-refractivity contribution in [3.8, 4) is 5.75 Å². The highest BCUT2D eigenvalue weighted by atomic mass is 32.1. The number of Topliss-reactive ketones (excluding diaryl/α,β-unsaturated/α-hetero) is 1. The lowest BCUT2D eigenvalue weighted by Gasteiger charge is -2.13. The molecule has 124 valence electrons. The lowest BCUT2D eigenvalue weighted by Crippen LogP contribution is -2.38. The summed E-state index contributed by atoms with van der Waals surface area (Å²) >= 11 is 1.34. The number of rotatable bonds is 1. The highest BCUT2D eigenvalue weighted by Crippen LogP contribution is 2.26. The summed E-state index contributed by atoms with van der Waals surface area (Å²) in [5, 5.41) is 3.17. The molecule has 1 aromatic carbocycles. The molecule has 1 aromatic heterocycles. The van der Waals surface area contributed by atoms with Gasteiger partial charge in [-0.15, -0.1) is 11.3 Å². The first-order chi connectivity index (χ1) is 11.4. The van der Waals surface area contributed by atoms with Gasteiger partial charge in [0.25, 0.3) is 5.56 Å². The minimum Gasteiger partial charge on any atom is -0.493 e. The van der Waals surface area contributed by atoms with Gasteiger partial charge in [-0.2, -0.15) is 0 Å². The SMILES string of the molecule is CC1(C)NC/C(=c2/[nH]c(=O)/c(=C/c3ccc4c(c3)CCO4)s2)C1=O. The Morgan fingerprint density at radius 2 is 2.12 bits per heavy atom. The Kier molecular flexibility index (Phi) is 3.47. The van der Waals surface area contributed by atoms with Crippen LogP contribution in [0.1, 0.15) is 25.0 Å². The summed E-state index contributed by atoms with van der Waals surface area (Å²) in [6.45, 7) is 4.91. The molecule has 0 unspecified atom stereocenters. The van der Waals surface area contributed by atoms with Crippen LogP contribution in [0.5, 0.6) is 5.75 Å². The zero-order valence-electron chi connectivity index (χ0n) is 13.6. The molecule has 24 heavy (non-hydrogen) atoms. The third-order valence-electron chi connectivity index (χ3n) is 4.50. The molecule has 0 bridgehead atoms. The van der Waals surface area contributed by atoms with Gasteiger partial charge in [-0.05, 0) is 43.2 Å². The summed E-state index contributed by atoms with van der Waals surface area (Å²) in [7, 11) is 0. The number of nitrogens with one attached hydrogen (secondary N) is 2. The normalized spacial score (nSPS) is 21.9. The van der Waals surface area contributed by atoms with Gasteiger partial charge in [-0.25, -0.2) is 0 Å². The lowest BCUT2D eigenvalue weighted by atomic mass is 10.00. The summed E-state index contributed by atoms with van der Waals surface area (Å²) in [5.74, 6) is 0.967. The Balaban J connectivity index is 1.80. The molecule has 2 N–H and O–H groups in total. The Morgan fingerprint density at radius 1 is 1.29 bits per heavy atom. The number of aromatic nitrogens is 1. The van der Waals surface area contributed by atoms with Crippen molar-refractivity contribution in [3.63, 3.8) is 0 Å². The molecule has 0 amide bonds. The summed E-state index contributed by atoms with van der Waals surface area (Å²) in [6, 6.07) is 5.94. The van der Waals surface area contributed by atoms with Gasteiger partial charge in [-0.3, -0.25) is 9.59 Å². The Hall–Kier alpha value is -2.18. The van der Waals surface area contributed by atoms with Gasteiger partial charge in [-0.1, -0.05) is 6.07 Å². The molecule has 3 heterocycles. The van der Waals surface area contributed by atoms with E-state index in [1.807, 2.05) is 32.1 Å². The molecule has 0 atom stereocenters. The second-order valence-electron chi connectivity index (χ2n) is 6.65. The third kappa shape index (κ3) is 2.52. The fraction of sp³-hybridized carbons (Fsp3) is 0.333. The van der Waals surface area contributed by atoms with E-state index in [-0.39, 0.29) is 11.3 Å². The molecule has 1 saturated heterocycles. The number of hydrogen-bond donors (Lipinski definition) is 2. The number of thiazole rings is 1. The molecule has 0 aliphatic carbocycles. The number of ketones is 1. The maximum atomic E-state index is 12.4. The van der Waals surface area contributed by atoms with E-state index in [4.69, 9.17) is 4.74 Å². The zero-order valence-corrected chi connectivity index (χ0v) is 14.4. The average Bonchev–Trinajstić information content (AvgIpc) is 3.20. The number of ether oxygens (including phenoxy) is 1. The molecule has 5 nitrogen and oxygen atoms in total. The fourth-order valence-corrected chi connectivity index (χ4v) is 4.05. The summed E-state index contributed by atoms with van der Waals surface area (Å²) in [6.07, 6.45) is 2.76. The summed E-state index contributed by atoms with van der Waals surface area (Å²) in [5.41, 5.74) is 2.07. The minimum atomic E-state index is -0.569. The van der Waals surface area contributed by atoms with Crippen LogP contribution in [0.25, 0.3) is 11.6 Å². The first-order valence-corrected chi connectivity index (χ1v) is 8.75. The van der Waals surface area contributed by atoms with E-state index < -0.39 is 5.54 Å². The summed E-state index contributed by atoms with van der Waals surface area (Å²) in [4.78, 5) is 27.5. The van der Waals surface area contributed by atoms with Crippen molar-refractivity contribution in [1.29, 1.82) is 0 Å². The minimum absolute atomic E-state index is 0.0428. The van der Waals surface area contributed by atoms with Crippen LogP contribution in [0.4, 0.5) is 0 Å². The van der Waals surface area contributed by atoms with Crippen LogP contribution in [-0.4, -0.2) is 29.5 Å². The second-order valence-corrected chi connectivity index (χ2v) is 7.70. The molecular formula is C18H18N2O3S. The van der Waals surface area contributed by atoms with Gasteiger partial charge in [0.2, 0.25) is 0 Å². The maximum Gasteiger partial charge on any atom is 0.266 e. The average molecular weight is 342 g/mol. The van der Waals surface area contributed by atoms with E-state index in [1.54, 1.807) is 0 Å². The van der Waals surface area contributed by atoms with E-state index in [1.165, 1.54) is 16.9 Å². The first kappa shape index (κ1) is 15.4. The van der Waals surface area contributed by atoms with Crippen molar-refractivity contribution in [1.82, 2.24) is 10.3 Å². The van der Waals surface area contributed by atoms with Crippen LogP contribution in [0.15, 0.2) is 23.0 Å². The Morgan fingerprint density at radius 3 is 2.88 bits per heavy atom. The first-order valence-electron chi connectivity index (χ1n) is 7.94. The highest BCUT2D eigenvalue weighted by molar-refractivity contribution is 7.07. The molecule has 6 heteroatoms. The van der Waals surface area contributed by atoms with Crippen LogP contribution >= 0.6 is 11.3 Å². The largest absolute Gasteiger partial charge is 0.493 e. The smallest absolute Gasteiger partial charge is 0.266 e. The molecule has 1 fully saturated rings. The maximum absolute atomic E-state index is 12.4. The predicted molar refractivity (Wildman–Crippen MR) is 93.9 cm³/mol. The molecular weight excluding hydrogens is 324 g/mol. The number of carbonyl (C=O) groups is 1. The number of carbonyl (C=O) groups excluding carboxylic acids is 1. The standard InChI is InChI=1S/C18H18N2O3S/c1-18(2)15(21)12(9-19-18)17-20-16(22)14(24-17)8-10-3-4-13-11(7-10)5-6-23-13/h3-4,7-8,19H,5-6,9H2,1-2H3,(H,20,22)/b14-8-,17-12+. The van der Waals surface area contributed by atoms with Crippen molar-refractivity contribution >= 4 is 28.8 Å². The van der Waals surface area contributed by atoms with Crippen LogP contribution < -0.4 is 24.8 Å². The van der Waals surface area contributed by atoms with Crippen LogP contribution in [0.3, 0.4) is 0 Å². The molecule has 0 spiro atoms. The molecule has 0 radical (unpaired) electrons. The van der Waals surface area contributed by atoms with E-state index in [9.17, 15) is 9.59 Å². The van der Waals surface area contributed by atoms with E-state index in [0.717, 1.165) is 17.7 Å². The molecule has 2 aliphatic rings. The van der Waals surface area contributed by atoms with Crippen molar-refractivity contribution in [3.05, 3.63) is 48.9 Å². The van der Waals surface area contributed by atoms with Crippen LogP contribution in [-0.2, 0) is 11.2 Å². The molecule has 2 aliphatic heterocycles. The number of aromatic amines is 1. The van der Waals surface area contributed by atoms with Gasteiger partial charge in [0.1, 0.15) is 10.4 Å². The van der Waals surface area contributed by atoms with Gasteiger partial charge in [0.05, 0.1) is 16.7 Å². The predicted octanol–water partition coefficient (Wildman–Crippen LogP) is 0.302. The Labute approximate surface area is 142 Å². The van der Waals surface area contributed by atoms with Gasteiger partial charge >= 0.3 is 0 Å². The van der Waals surface area contributed by atoms with Gasteiger partial charge in [0, 0.05) is 18.5 Å². The van der Waals surface area contributed by atoms with E-state index in [2.05, 4.69) is 16.4 Å². The second kappa shape index (κ2) is 5.43. The van der Waals surface area contributed by atoms with Gasteiger partial charge < -0.3 is 15.0 Å². The highest BCUT2D eigenvalue weighted by Gasteiger charge is 2.36. The van der Waals surface area contributed by atoms with E-state index in [0.29, 0.717) is 27.9 Å². The number of benzene rings is 1. The number of hydrogen-bond acceptors (Lipinski definition) is 5. The van der Waals surface area contributed by atoms with Crippen LogP contribution in [0.2, 0.25) is 0 Å².